The third kappa shape index (κ3) is 2.43. The first-order valence-corrected chi connectivity index (χ1v) is 6.72. The van der Waals surface area contributed by atoms with Crippen molar-refractivity contribution in [2.75, 3.05) is 18.1 Å². The quantitative estimate of drug-likeness (QED) is 0.612. The van der Waals surface area contributed by atoms with Gasteiger partial charge in [-0.05, 0) is 6.42 Å². The van der Waals surface area contributed by atoms with Gasteiger partial charge in [-0.3, -0.25) is 4.79 Å². The third-order valence-electron chi connectivity index (χ3n) is 2.57. The smallest absolute Gasteiger partial charge is 0.407 e. The second-order valence-corrected chi connectivity index (χ2v) is 6.13. The van der Waals surface area contributed by atoms with Gasteiger partial charge in [0.05, 0.1) is 11.5 Å². The van der Waals surface area contributed by atoms with Crippen LogP contribution in [0.2, 0.25) is 0 Å². The average Bonchev–Trinajstić information content (AvgIpc) is 2.73. The molecule has 2 N–H and O–H groups in total. The molecule has 2 atom stereocenters. The number of hydrogen-bond donors (Lipinski definition) is 2. The van der Waals surface area contributed by atoms with E-state index in [1.807, 2.05) is 0 Å². The lowest BCUT2D eigenvalue weighted by Gasteiger charge is -2.13. The lowest BCUT2D eigenvalue weighted by molar-refractivity contribution is -0.123. The summed E-state index contributed by atoms with van der Waals surface area (Å²) in [6.07, 6.45) is -0.200. The number of nitrogens with one attached hydrogen (secondary N) is 2. The Balaban J connectivity index is 1.86. The lowest BCUT2D eigenvalue weighted by Crippen LogP contribution is -2.47. The Hall–Kier alpha value is -1.31. The molecule has 7 nitrogen and oxygen atoms in total. The summed E-state index contributed by atoms with van der Waals surface area (Å²) in [6.45, 7) is -0.00979. The Morgan fingerprint density at radius 2 is 2.25 bits per heavy atom. The second-order valence-electron chi connectivity index (χ2n) is 3.90. The maximum atomic E-state index is 11.6. The summed E-state index contributed by atoms with van der Waals surface area (Å²) in [5.74, 6) is -0.320. The molecule has 2 rings (SSSR count). The largest absolute Gasteiger partial charge is 0.447 e. The van der Waals surface area contributed by atoms with Crippen LogP contribution in [0.5, 0.6) is 0 Å². The van der Waals surface area contributed by atoms with E-state index in [4.69, 9.17) is 0 Å². The van der Waals surface area contributed by atoms with Crippen LogP contribution in [0.25, 0.3) is 0 Å². The molecular weight excluding hydrogens is 236 g/mol. The van der Waals surface area contributed by atoms with Gasteiger partial charge in [-0.2, -0.15) is 0 Å². The van der Waals surface area contributed by atoms with E-state index >= 15 is 0 Å². The molecule has 2 aliphatic rings. The monoisotopic (exact) mass is 248 g/mol. The van der Waals surface area contributed by atoms with Gasteiger partial charge in [0.15, 0.2) is 9.84 Å². The van der Waals surface area contributed by atoms with Gasteiger partial charge < -0.3 is 15.4 Å². The highest BCUT2D eigenvalue weighted by Crippen LogP contribution is 2.11. The Morgan fingerprint density at radius 3 is 2.75 bits per heavy atom. The van der Waals surface area contributed by atoms with Gasteiger partial charge in [-0.25, -0.2) is 13.2 Å². The number of sulfone groups is 1. The van der Waals surface area contributed by atoms with Crippen molar-refractivity contribution in [2.24, 2.45) is 0 Å². The molecule has 2 unspecified atom stereocenters. The number of amides is 2. The standard InChI is InChI=1S/C8H12N2O5S/c11-7(6-3-15-8(12)10-6)9-5-1-2-16(13,14)4-5/h5-6H,1-4H2,(H,9,11)(H,10,12). The molecular formula is C8H12N2O5S. The molecule has 0 saturated carbocycles. The van der Waals surface area contributed by atoms with Crippen LogP contribution >= 0.6 is 0 Å². The molecule has 2 amide bonds. The number of rotatable bonds is 2. The lowest BCUT2D eigenvalue weighted by atomic mass is 10.2. The van der Waals surface area contributed by atoms with Crippen molar-refractivity contribution in [3.63, 3.8) is 0 Å². The number of ether oxygens (including phenoxy) is 1. The van der Waals surface area contributed by atoms with Crippen molar-refractivity contribution < 1.29 is 22.7 Å². The first kappa shape index (κ1) is 11.2. The van der Waals surface area contributed by atoms with Crippen LogP contribution < -0.4 is 10.6 Å². The van der Waals surface area contributed by atoms with E-state index in [-0.39, 0.29) is 24.2 Å². The summed E-state index contributed by atoms with van der Waals surface area (Å²) in [5, 5.41) is 4.91. The molecule has 16 heavy (non-hydrogen) atoms. The van der Waals surface area contributed by atoms with Gasteiger partial charge in [0.25, 0.3) is 0 Å². The van der Waals surface area contributed by atoms with Crippen molar-refractivity contribution in [1.82, 2.24) is 10.6 Å². The molecule has 0 radical (unpaired) electrons. The molecule has 8 heteroatoms. The highest BCUT2D eigenvalue weighted by atomic mass is 32.2. The number of alkyl carbamates (subject to hydrolysis) is 1. The number of cyclic esters (lactones) is 1. The Kier molecular flexibility index (Phi) is 2.75. The zero-order valence-corrected chi connectivity index (χ0v) is 9.25. The molecule has 90 valence electrons. The zero-order chi connectivity index (χ0) is 11.8. The molecule has 0 aromatic heterocycles. The molecule has 2 fully saturated rings. The molecule has 0 aromatic rings. The van der Waals surface area contributed by atoms with Gasteiger partial charge in [-0.15, -0.1) is 0 Å². The summed E-state index contributed by atoms with van der Waals surface area (Å²) in [4.78, 5) is 22.2. The molecule has 2 saturated heterocycles. The van der Waals surface area contributed by atoms with Crippen LogP contribution in [-0.4, -0.2) is 50.6 Å². The molecule has 0 spiro atoms. The predicted octanol–water partition coefficient (Wildman–Crippen LogP) is -1.60. The van der Waals surface area contributed by atoms with Gasteiger partial charge in [-0.1, -0.05) is 0 Å². The van der Waals surface area contributed by atoms with Crippen LogP contribution in [0.4, 0.5) is 4.79 Å². The molecule has 2 aliphatic heterocycles. The van der Waals surface area contributed by atoms with Crippen LogP contribution in [0, 0.1) is 0 Å². The topological polar surface area (TPSA) is 102 Å². The van der Waals surface area contributed by atoms with E-state index in [2.05, 4.69) is 15.4 Å². The molecule has 0 aliphatic carbocycles. The molecule has 0 aromatic carbocycles. The maximum absolute atomic E-state index is 11.6. The average molecular weight is 248 g/mol. The van der Waals surface area contributed by atoms with Gasteiger partial charge in [0.2, 0.25) is 5.91 Å². The maximum Gasteiger partial charge on any atom is 0.407 e. The van der Waals surface area contributed by atoms with E-state index in [0.717, 1.165) is 0 Å². The summed E-state index contributed by atoms with van der Waals surface area (Å²) in [6, 6.07) is -1.06. The number of hydrogen-bond acceptors (Lipinski definition) is 5. The van der Waals surface area contributed by atoms with E-state index in [0.29, 0.717) is 6.42 Å². The highest BCUT2D eigenvalue weighted by Gasteiger charge is 2.33. The number of carbonyl (C=O) groups excluding carboxylic acids is 2. The molecule has 2 heterocycles. The summed E-state index contributed by atoms with van der Waals surface area (Å²) in [5.41, 5.74) is 0. The van der Waals surface area contributed by atoms with Crippen molar-refractivity contribution in [3.8, 4) is 0 Å². The van der Waals surface area contributed by atoms with Crippen molar-refractivity contribution in [3.05, 3.63) is 0 Å². The van der Waals surface area contributed by atoms with E-state index in [1.54, 1.807) is 0 Å². The van der Waals surface area contributed by atoms with Crippen molar-refractivity contribution >= 4 is 21.8 Å². The third-order valence-corrected chi connectivity index (χ3v) is 4.34. The Labute approximate surface area is 92.4 Å². The fraction of sp³-hybridized carbons (Fsp3) is 0.750. The SMILES string of the molecule is O=C1NC(C(=O)NC2CCS(=O)(=O)C2)CO1. The van der Waals surface area contributed by atoms with Gasteiger partial charge in [0, 0.05) is 6.04 Å². The van der Waals surface area contributed by atoms with Crippen LogP contribution in [0.15, 0.2) is 0 Å². The Bertz CT molecular complexity index is 418. The van der Waals surface area contributed by atoms with Crippen molar-refractivity contribution in [1.29, 1.82) is 0 Å². The minimum Gasteiger partial charge on any atom is -0.447 e. The summed E-state index contributed by atoms with van der Waals surface area (Å²) in [7, 11) is -3.01. The normalized spacial score (nSPS) is 31.9. The van der Waals surface area contributed by atoms with Crippen LogP contribution in [0.3, 0.4) is 0 Å². The van der Waals surface area contributed by atoms with E-state index < -0.39 is 27.9 Å². The van der Waals surface area contributed by atoms with Gasteiger partial charge >= 0.3 is 6.09 Å². The first-order chi connectivity index (χ1) is 7.46. The first-order valence-electron chi connectivity index (χ1n) is 4.90. The van der Waals surface area contributed by atoms with Crippen molar-refractivity contribution in [2.45, 2.75) is 18.5 Å². The summed E-state index contributed by atoms with van der Waals surface area (Å²) < 4.78 is 26.9. The number of carbonyl (C=O) groups is 2. The van der Waals surface area contributed by atoms with Gasteiger partial charge in [0.1, 0.15) is 12.6 Å². The van der Waals surface area contributed by atoms with E-state index in [9.17, 15) is 18.0 Å². The highest BCUT2D eigenvalue weighted by molar-refractivity contribution is 7.91. The second kappa shape index (κ2) is 3.93. The fourth-order valence-electron chi connectivity index (χ4n) is 1.74. The minimum absolute atomic E-state index is 0.00979. The van der Waals surface area contributed by atoms with Crippen LogP contribution in [-0.2, 0) is 19.4 Å². The van der Waals surface area contributed by atoms with Crippen LogP contribution in [0.1, 0.15) is 6.42 Å². The predicted molar refractivity (Wildman–Crippen MR) is 53.5 cm³/mol. The summed E-state index contributed by atoms with van der Waals surface area (Å²) >= 11 is 0. The van der Waals surface area contributed by atoms with E-state index in [1.165, 1.54) is 0 Å². The minimum atomic E-state index is -3.01. The fourth-order valence-corrected chi connectivity index (χ4v) is 3.41. The zero-order valence-electron chi connectivity index (χ0n) is 8.43. The Morgan fingerprint density at radius 1 is 1.50 bits per heavy atom. The molecule has 0 bridgehead atoms.